The number of primary amides is 1. The number of anilines is 1. The van der Waals surface area contributed by atoms with Crippen LogP contribution in [-0.4, -0.2) is 105 Å². The molecule has 3 aliphatic carbocycles. The molecule has 7 atom stereocenters. The molecule has 16 heteroatoms. The standard InChI is InChI=1S/C34H42N4O12/c1-7-49-38(47,50-8-2)33(16-9-11-17(48-6)12-10-16)36-19-14-13-18-15(3)20-22(27(40)21(18)26(19)39)30(43)34(46)24(28(20)41)25(37(4)5)29(42)23(31(34)44)32(35)45/h9-15,20,24-25,28,33,36,39-41,44,46H,7-8H2,1-6H3,(H2,35,45)/t15-,20-,24+,25-,28+,33?,34+/m0/s1. The summed E-state index contributed by atoms with van der Waals surface area (Å²) in [5, 5.41) is 75.3. The number of benzene rings is 2. The Morgan fingerprint density at radius 3 is 2.20 bits per heavy atom. The molecule has 0 bridgehead atoms. The third kappa shape index (κ3) is 5.40. The fourth-order valence-corrected chi connectivity index (χ4v) is 7.56. The molecule has 50 heavy (non-hydrogen) atoms. The Balaban J connectivity index is 1.69. The number of ketones is 2. The van der Waals surface area contributed by atoms with Gasteiger partial charge in [-0.3, -0.25) is 19.3 Å². The first-order chi connectivity index (χ1) is 23.5. The zero-order valence-electron chi connectivity index (χ0n) is 28.4. The Kier molecular flexibility index (Phi) is 9.76. The second kappa shape index (κ2) is 13.3. The Morgan fingerprint density at radius 2 is 1.68 bits per heavy atom. The van der Waals surface area contributed by atoms with Crippen molar-refractivity contribution >= 4 is 28.9 Å². The monoisotopic (exact) mass is 698 g/mol. The van der Waals surface area contributed by atoms with Crippen LogP contribution < -0.4 is 15.8 Å². The van der Waals surface area contributed by atoms with Crippen LogP contribution in [0.3, 0.4) is 0 Å². The highest BCUT2D eigenvalue weighted by Gasteiger charge is 2.68. The summed E-state index contributed by atoms with van der Waals surface area (Å²) in [5.74, 6) is -9.67. The van der Waals surface area contributed by atoms with Crippen LogP contribution in [0.4, 0.5) is 5.69 Å². The van der Waals surface area contributed by atoms with Gasteiger partial charge in [0.15, 0.2) is 11.4 Å². The van der Waals surface area contributed by atoms with Crippen molar-refractivity contribution in [1.29, 1.82) is 0 Å². The van der Waals surface area contributed by atoms with Crippen LogP contribution in [0.2, 0.25) is 0 Å². The van der Waals surface area contributed by atoms with Crippen LogP contribution in [0.25, 0.3) is 5.76 Å². The molecule has 2 aromatic rings. The topological polar surface area (TPSA) is 244 Å². The van der Waals surface area contributed by atoms with Gasteiger partial charge in [-0.05, 0) is 74.7 Å². The number of rotatable bonds is 11. The van der Waals surface area contributed by atoms with E-state index in [1.807, 2.05) is 0 Å². The lowest BCUT2D eigenvalue weighted by atomic mass is 9.54. The molecular weight excluding hydrogens is 656 g/mol. The molecule has 0 aromatic heterocycles. The molecule has 1 unspecified atom stereocenters. The van der Waals surface area contributed by atoms with Crippen LogP contribution in [0.1, 0.15) is 49.5 Å². The van der Waals surface area contributed by atoms with E-state index in [1.165, 1.54) is 38.2 Å². The number of phenols is 1. The number of nitrogens with two attached hydrogens (primary N) is 1. The van der Waals surface area contributed by atoms with Crippen molar-refractivity contribution in [3.05, 3.63) is 75.2 Å². The number of nitrogens with zero attached hydrogens (tertiary/aromatic N) is 2. The van der Waals surface area contributed by atoms with Crippen LogP contribution in [0.15, 0.2) is 53.3 Å². The van der Waals surface area contributed by atoms with E-state index in [0.717, 1.165) is 0 Å². The number of ether oxygens (including phenoxy) is 1. The van der Waals surface area contributed by atoms with Crippen LogP contribution >= 0.6 is 0 Å². The van der Waals surface area contributed by atoms with E-state index in [0.29, 0.717) is 11.3 Å². The van der Waals surface area contributed by atoms with Gasteiger partial charge in [0.1, 0.15) is 41.8 Å². The number of quaternary nitrogens is 1. The smallest absolute Gasteiger partial charge is 0.255 e. The summed E-state index contributed by atoms with van der Waals surface area (Å²) in [5.41, 5.74) is 1.09. The summed E-state index contributed by atoms with van der Waals surface area (Å²) in [7, 11) is 4.35. The summed E-state index contributed by atoms with van der Waals surface area (Å²) >= 11 is 0. The third-order valence-corrected chi connectivity index (χ3v) is 9.79. The number of hydrogen-bond acceptors (Lipinski definition) is 14. The molecule has 270 valence electrons. The van der Waals surface area contributed by atoms with E-state index in [2.05, 4.69) is 5.32 Å². The Morgan fingerprint density at radius 1 is 1.08 bits per heavy atom. The summed E-state index contributed by atoms with van der Waals surface area (Å²) in [6, 6.07) is 7.91. The molecule has 1 saturated carbocycles. The molecular formula is C34H42N4O12. The number of Topliss-reactive ketones (excluding diaryl/α,β-unsaturated/α-hetero) is 2. The van der Waals surface area contributed by atoms with E-state index >= 15 is 0 Å². The zero-order chi connectivity index (χ0) is 37.0. The number of nitrogens with one attached hydrogen (secondary N) is 1. The normalized spacial score (nSPS) is 27.1. The highest BCUT2D eigenvalue weighted by atomic mass is 17.2. The second-order valence-corrected chi connectivity index (χ2v) is 12.7. The molecule has 0 saturated heterocycles. The van der Waals surface area contributed by atoms with E-state index in [9.17, 15) is 45.1 Å². The van der Waals surface area contributed by atoms with Crippen molar-refractivity contribution in [1.82, 2.24) is 4.90 Å². The maximum absolute atomic E-state index is 14.3. The van der Waals surface area contributed by atoms with Crippen LogP contribution in [-0.2, 0) is 24.1 Å². The number of amides is 1. The van der Waals surface area contributed by atoms with E-state index in [1.54, 1.807) is 45.0 Å². The molecule has 0 aliphatic heterocycles. The zero-order valence-corrected chi connectivity index (χ0v) is 28.4. The minimum Gasteiger partial charge on any atom is -0.562 e. The largest absolute Gasteiger partial charge is 0.562 e. The molecule has 1 amide bonds. The van der Waals surface area contributed by atoms with Crippen molar-refractivity contribution in [2.24, 2.45) is 17.6 Å². The number of aliphatic hydroxyl groups is 4. The van der Waals surface area contributed by atoms with Crippen molar-refractivity contribution < 1.29 is 59.3 Å². The quantitative estimate of drug-likeness (QED) is 0.0582. The predicted molar refractivity (Wildman–Crippen MR) is 177 cm³/mol. The number of likely N-dealkylation sites (N-methyl/N-ethyl adjacent to an activating group) is 1. The number of hydroxylamine groups is 3. The molecule has 0 spiro atoms. The maximum Gasteiger partial charge on any atom is 0.255 e. The van der Waals surface area contributed by atoms with Gasteiger partial charge < -0.3 is 46.5 Å². The lowest BCUT2D eigenvalue weighted by molar-refractivity contribution is -1.23. The van der Waals surface area contributed by atoms with Gasteiger partial charge in [0, 0.05) is 17.1 Å². The van der Waals surface area contributed by atoms with Crippen molar-refractivity contribution in [2.75, 3.05) is 39.7 Å². The van der Waals surface area contributed by atoms with Gasteiger partial charge in [-0.15, -0.1) is 0 Å². The summed E-state index contributed by atoms with van der Waals surface area (Å²) < 4.78 is 5.24. The van der Waals surface area contributed by atoms with Gasteiger partial charge in [-0.25, -0.2) is 0 Å². The minimum atomic E-state index is -3.05. The predicted octanol–water partition coefficient (Wildman–Crippen LogP) is 1.83. The molecule has 0 radical (unpaired) electrons. The van der Waals surface area contributed by atoms with Gasteiger partial charge in [-0.1, -0.05) is 13.0 Å². The Labute approximate surface area is 287 Å². The molecule has 2 aromatic carbocycles. The lowest BCUT2D eigenvalue weighted by Crippen LogP contribution is -2.70. The molecule has 8 N–H and O–H groups in total. The fourth-order valence-electron chi connectivity index (χ4n) is 7.56. The first kappa shape index (κ1) is 36.7. The van der Waals surface area contributed by atoms with Crippen molar-refractivity contribution in [3.8, 4) is 11.5 Å². The Bertz CT molecular complexity index is 1770. The van der Waals surface area contributed by atoms with Gasteiger partial charge in [0.25, 0.3) is 12.1 Å². The summed E-state index contributed by atoms with van der Waals surface area (Å²) in [6.07, 6.45) is -3.09. The first-order valence-corrected chi connectivity index (χ1v) is 16.0. The molecule has 16 nitrogen and oxygen atoms in total. The Hall–Kier alpha value is -4.55. The molecule has 1 fully saturated rings. The van der Waals surface area contributed by atoms with Crippen molar-refractivity contribution in [2.45, 2.75) is 50.6 Å². The van der Waals surface area contributed by atoms with Gasteiger partial charge >= 0.3 is 0 Å². The van der Waals surface area contributed by atoms with E-state index < -0.39 is 92.5 Å². The van der Waals surface area contributed by atoms with Gasteiger partial charge in [0.2, 0.25) is 5.78 Å². The van der Waals surface area contributed by atoms with Gasteiger partial charge in [0.05, 0.1) is 36.4 Å². The lowest BCUT2D eigenvalue weighted by Gasteiger charge is -2.53. The number of phenolic OH excluding ortho intramolecular Hbond substituents is 1. The average Bonchev–Trinajstić information content (AvgIpc) is 3.06. The fraction of sp³-hybridized carbons (Fsp3) is 0.441. The average molecular weight is 699 g/mol. The number of aromatic hydroxyl groups is 1. The SMILES string of the molecule is CCO[N+]([O-])(OCC)C(Nc1ccc2c(c1O)C(O)=C1C(=O)[C@@]3(O)C(O)=C(C(N)=O)C(=O)[C@@H](N(C)C)[C@@H]3[C@H](O)[C@H]1[C@H]2C)c1ccc(OC)cc1. The molecule has 0 heterocycles. The molecule has 5 rings (SSSR count). The number of methoxy groups -OCH3 is 1. The van der Waals surface area contributed by atoms with Gasteiger partial charge in [-0.2, -0.15) is 9.68 Å². The number of hydrogen-bond donors (Lipinski definition) is 7. The number of carbonyl (C=O) groups excluding carboxylic acids is 3. The number of carbonyl (C=O) groups is 3. The minimum absolute atomic E-state index is 0.0484. The second-order valence-electron chi connectivity index (χ2n) is 12.7. The van der Waals surface area contributed by atoms with E-state index in [-0.39, 0.29) is 30.0 Å². The van der Waals surface area contributed by atoms with Crippen LogP contribution in [0.5, 0.6) is 11.5 Å². The number of aliphatic hydroxyl groups excluding tert-OH is 3. The van der Waals surface area contributed by atoms with Crippen molar-refractivity contribution in [3.63, 3.8) is 0 Å². The highest BCUT2D eigenvalue weighted by molar-refractivity contribution is 6.24. The van der Waals surface area contributed by atoms with Crippen LogP contribution in [0, 0.1) is 17.0 Å². The number of fused-ring (bicyclic) bond motifs is 3. The summed E-state index contributed by atoms with van der Waals surface area (Å²) in [4.78, 5) is 50.6. The third-order valence-electron chi connectivity index (χ3n) is 9.79. The first-order valence-electron chi connectivity index (χ1n) is 16.0. The molecule has 3 aliphatic rings. The maximum atomic E-state index is 14.3. The highest BCUT2D eigenvalue weighted by Crippen LogP contribution is 2.57. The summed E-state index contributed by atoms with van der Waals surface area (Å²) in [6.45, 7) is 4.72. The van der Waals surface area contributed by atoms with E-state index in [4.69, 9.17) is 20.1 Å².